The van der Waals surface area contributed by atoms with Crippen molar-refractivity contribution in [2.75, 3.05) is 7.11 Å². The van der Waals surface area contributed by atoms with Crippen LogP contribution >= 0.6 is 0 Å². The number of hydrogen-bond acceptors (Lipinski definition) is 4. The monoisotopic (exact) mass is 235 g/mol. The molecule has 0 radical (unpaired) electrons. The molecule has 0 bridgehead atoms. The second-order valence-electron chi connectivity index (χ2n) is 4.11. The molecule has 0 heterocycles. The number of nitroso groups, excluding NO2 is 1. The molecule has 1 aromatic carbocycles. The number of ether oxygens (including phenoxy) is 1. The van der Waals surface area contributed by atoms with Crippen molar-refractivity contribution >= 4 is 5.97 Å². The number of nitrogens with zero attached hydrogens (tertiary/aromatic N) is 1. The van der Waals surface area contributed by atoms with Gasteiger partial charge >= 0.3 is 5.97 Å². The van der Waals surface area contributed by atoms with E-state index in [4.69, 9.17) is 0 Å². The Hall–Kier alpha value is -1.71. The zero-order chi connectivity index (χ0) is 12.8. The van der Waals surface area contributed by atoms with E-state index < -0.39 is 12.0 Å². The van der Waals surface area contributed by atoms with E-state index in [1.165, 1.54) is 18.2 Å². The van der Waals surface area contributed by atoms with Crippen molar-refractivity contribution in [3.05, 3.63) is 39.8 Å². The Morgan fingerprint density at radius 3 is 2.65 bits per heavy atom. The highest BCUT2D eigenvalue weighted by atomic mass is 16.5. The molecule has 1 aromatic rings. The second-order valence-corrected chi connectivity index (χ2v) is 4.11. The predicted molar refractivity (Wildman–Crippen MR) is 65.8 cm³/mol. The molecule has 0 fully saturated rings. The lowest BCUT2D eigenvalue weighted by atomic mass is 9.99. The van der Waals surface area contributed by atoms with Crippen LogP contribution in [0.2, 0.25) is 0 Å². The van der Waals surface area contributed by atoms with Crippen molar-refractivity contribution in [3.63, 3.8) is 0 Å². The van der Waals surface area contributed by atoms with E-state index in [0.717, 1.165) is 5.56 Å². The average molecular weight is 235 g/mol. The van der Waals surface area contributed by atoms with Crippen LogP contribution in [0.5, 0.6) is 0 Å². The predicted octanol–water partition coefficient (Wildman–Crippen LogP) is 2.54. The summed E-state index contributed by atoms with van der Waals surface area (Å²) >= 11 is 0. The molecule has 0 N–H and O–H groups in total. The second kappa shape index (κ2) is 6.13. The Morgan fingerprint density at radius 1 is 1.41 bits per heavy atom. The molecular formula is C13H17NO3. The standard InChI is InChI=1S/C13H17NO3/c1-9-4-5-11(10(2)8-9)6-7-12(14-16)13(15)17-3/h4-5,8,12H,6-7H2,1-3H3. The Kier molecular flexibility index (Phi) is 4.82. The first-order valence-corrected chi connectivity index (χ1v) is 5.55. The maximum atomic E-state index is 11.2. The highest BCUT2D eigenvalue weighted by Gasteiger charge is 2.19. The summed E-state index contributed by atoms with van der Waals surface area (Å²) in [6, 6.07) is 5.21. The molecule has 1 atom stereocenters. The van der Waals surface area contributed by atoms with E-state index in [-0.39, 0.29) is 0 Å². The zero-order valence-corrected chi connectivity index (χ0v) is 10.4. The molecule has 0 amide bonds. The molecule has 1 unspecified atom stereocenters. The Bertz CT molecular complexity index is 415. The number of aryl methyl sites for hydroxylation is 3. The van der Waals surface area contributed by atoms with Gasteiger partial charge in [0.25, 0.3) is 0 Å². The van der Waals surface area contributed by atoms with Crippen LogP contribution in [-0.4, -0.2) is 19.1 Å². The van der Waals surface area contributed by atoms with E-state index in [1.807, 2.05) is 26.0 Å². The van der Waals surface area contributed by atoms with Crippen molar-refractivity contribution < 1.29 is 9.53 Å². The third-order valence-corrected chi connectivity index (χ3v) is 2.79. The number of rotatable bonds is 5. The van der Waals surface area contributed by atoms with Gasteiger partial charge in [0.05, 0.1) is 7.11 Å². The van der Waals surface area contributed by atoms with Crippen LogP contribution in [0.3, 0.4) is 0 Å². The fraction of sp³-hybridized carbons (Fsp3) is 0.462. The number of methoxy groups -OCH3 is 1. The van der Waals surface area contributed by atoms with Crippen LogP contribution in [-0.2, 0) is 16.0 Å². The van der Waals surface area contributed by atoms with E-state index in [9.17, 15) is 9.70 Å². The van der Waals surface area contributed by atoms with Gasteiger partial charge < -0.3 is 4.74 Å². The molecule has 0 saturated heterocycles. The largest absolute Gasteiger partial charge is 0.467 e. The summed E-state index contributed by atoms with van der Waals surface area (Å²) in [6.07, 6.45) is 1.04. The number of carbonyl (C=O) groups excluding carboxylic acids is 1. The number of benzene rings is 1. The molecule has 0 aliphatic heterocycles. The summed E-state index contributed by atoms with van der Waals surface area (Å²) < 4.78 is 4.51. The lowest BCUT2D eigenvalue weighted by Crippen LogP contribution is -2.20. The Morgan fingerprint density at radius 2 is 2.12 bits per heavy atom. The van der Waals surface area contributed by atoms with Gasteiger partial charge in [-0.1, -0.05) is 28.9 Å². The molecule has 0 aliphatic carbocycles. The lowest BCUT2D eigenvalue weighted by Gasteiger charge is -2.09. The Balaban J connectivity index is 2.66. The quantitative estimate of drug-likeness (QED) is 0.582. The highest BCUT2D eigenvalue weighted by molar-refractivity contribution is 5.75. The summed E-state index contributed by atoms with van der Waals surface area (Å²) in [5.41, 5.74) is 3.50. The first-order valence-electron chi connectivity index (χ1n) is 5.55. The first-order chi connectivity index (χ1) is 8.08. The minimum Gasteiger partial charge on any atom is -0.467 e. The summed E-state index contributed by atoms with van der Waals surface area (Å²) in [5.74, 6) is -0.565. The van der Waals surface area contributed by atoms with Crippen molar-refractivity contribution in [2.45, 2.75) is 32.7 Å². The van der Waals surface area contributed by atoms with Gasteiger partial charge in [-0.3, -0.25) is 0 Å². The van der Waals surface area contributed by atoms with Crippen LogP contribution in [0.25, 0.3) is 0 Å². The van der Waals surface area contributed by atoms with Crippen LogP contribution in [0.1, 0.15) is 23.1 Å². The summed E-state index contributed by atoms with van der Waals surface area (Å²) in [6.45, 7) is 4.05. The molecule has 0 aliphatic rings. The van der Waals surface area contributed by atoms with Gasteiger partial charge in [-0.25, -0.2) is 4.79 Å². The van der Waals surface area contributed by atoms with Crippen LogP contribution < -0.4 is 0 Å². The minimum absolute atomic E-state index is 0.389. The molecule has 4 heteroatoms. The fourth-order valence-corrected chi connectivity index (χ4v) is 1.77. The van der Waals surface area contributed by atoms with Gasteiger partial charge in [0.1, 0.15) is 0 Å². The van der Waals surface area contributed by atoms with Crippen molar-refractivity contribution in [1.29, 1.82) is 0 Å². The molecular weight excluding hydrogens is 218 g/mol. The van der Waals surface area contributed by atoms with E-state index in [1.54, 1.807) is 0 Å². The summed E-state index contributed by atoms with van der Waals surface area (Å²) in [5, 5.41) is 2.80. The van der Waals surface area contributed by atoms with Crippen LogP contribution in [0, 0.1) is 18.8 Å². The molecule has 92 valence electrons. The molecule has 17 heavy (non-hydrogen) atoms. The van der Waals surface area contributed by atoms with Crippen molar-refractivity contribution in [2.24, 2.45) is 5.18 Å². The third-order valence-electron chi connectivity index (χ3n) is 2.79. The molecule has 0 aromatic heterocycles. The topological polar surface area (TPSA) is 55.7 Å². The molecule has 4 nitrogen and oxygen atoms in total. The van der Waals surface area contributed by atoms with Crippen molar-refractivity contribution in [3.8, 4) is 0 Å². The van der Waals surface area contributed by atoms with Gasteiger partial charge in [-0.2, -0.15) is 0 Å². The van der Waals surface area contributed by atoms with Crippen molar-refractivity contribution in [1.82, 2.24) is 0 Å². The average Bonchev–Trinajstić information content (AvgIpc) is 2.31. The molecule has 1 rings (SSSR count). The smallest absolute Gasteiger partial charge is 0.334 e. The summed E-state index contributed by atoms with van der Waals surface area (Å²) in [7, 11) is 1.26. The zero-order valence-electron chi connectivity index (χ0n) is 10.4. The number of esters is 1. The lowest BCUT2D eigenvalue weighted by molar-refractivity contribution is -0.142. The van der Waals surface area contributed by atoms with Gasteiger partial charge in [0, 0.05) is 0 Å². The molecule has 0 saturated carbocycles. The van der Waals surface area contributed by atoms with Gasteiger partial charge in [-0.05, 0) is 37.8 Å². The number of carbonyl (C=O) groups is 1. The fourth-order valence-electron chi connectivity index (χ4n) is 1.77. The highest BCUT2D eigenvalue weighted by Crippen LogP contribution is 2.14. The Labute approximate surface area is 101 Å². The van der Waals surface area contributed by atoms with E-state index in [2.05, 4.69) is 16.0 Å². The first kappa shape index (κ1) is 13.4. The SMILES string of the molecule is COC(=O)C(CCc1ccc(C)cc1C)N=O. The maximum absolute atomic E-state index is 11.2. The summed E-state index contributed by atoms with van der Waals surface area (Å²) in [4.78, 5) is 21.7. The van der Waals surface area contributed by atoms with Gasteiger partial charge in [-0.15, -0.1) is 4.91 Å². The van der Waals surface area contributed by atoms with Crippen LogP contribution in [0.4, 0.5) is 0 Å². The maximum Gasteiger partial charge on any atom is 0.334 e. The van der Waals surface area contributed by atoms with Crippen LogP contribution in [0.15, 0.2) is 23.4 Å². The van der Waals surface area contributed by atoms with Gasteiger partial charge in [0.2, 0.25) is 0 Å². The normalized spacial score (nSPS) is 11.9. The minimum atomic E-state index is -0.902. The van der Waals surface area contributed by atoms with E-state index in [0.29, 0.717) is 12.8 Å². The van der Waals surface area contributed by atoms with Gasteiger partial charge in [0.15, 0.2) is 6.04 Å². The number of hydrogen-bond donors (Lipinski definition) is 0. The third kappa shape index (κ3) is 3.66. The molecule has 0 spiro atoms. The van der Waals surface area contributed by atoms with E-state index >= 15 is 0 Å².